The summed E-state index contributed by atoms with van der Waals surface area (Å²) < 4.78 is 0. The van der Waals surface area contributed by atoms with Crippen LogP contribution in [0.3, 0.4) is 0 Å². The van der Waals surface area contributed by atoms with Crippen molar-refractivity contribution in [3.63, 3.8) is 0 Å². The highest BCUT2D eigenvalue weighted by Gasteiger charge is 2.32. The van der Waals surface area contributed by atoms with Gasteiger partial charge in [0.25, 0.3) is 0 Å². The molecule has 0 aromatic heterocycles. The Hall–Kier alpha value is -3.55. The van der Waals surface area contributed by atoms with Gasteiger partial charge in [0.2, 0.25) is 5.91 Å². The number of carbonyl (C=O) groups excluding carboxylic acids is 2. The van der Waals surface area contributed by atoms with Gasteiger partial charge in [0.15, 0.2) is 5.78 Å². The van der Waals surface area contributed by atoms with Crippen LogP contribution >= 0.6 is 11.6 Å². The summed E-state index contributed by atoms with van der Waals surface area (Å²) in [4.78, 5) is 31.9. The molecule has 2 N–H and O–H groups in total. The van der Waals surface area contributed by atoms with Gasteiger partial charge in [-0.2, -0.15) is 0 Å². The Labute approximate surface area is 227 Å². The van der Waals surface area contributed by atoms with Crippen LogP contribution in [0.15, 0.2) is 91.0 Å². The molecule has 1 aliphatic heterocycles. The highest BCUT2D eigenvalue weighted by molar-refractivity contribution is 6.31. The van der Waals surface area contributed by atoms with Gasteiger partial charge in [0.05, 0.1) is 12.3 Å². The molecule has 0 spiro atoms. The minimum atomic E-state index is -0.562. The molecule has 1 amide bonds. The van der Waals surface area contributed by atoms with Crippen molar-refractivity contribution < 1.29 is 14.7 Å². The summed E-state index contributed by atoms with van der Waals surface area (Å²) in [7, 11) is 0. The normalized spacial score (nSPS) is 15.3. The largest absolute Gasteiger partial charge is 0.395 e. The lowest BCUT2D eigenvalue weighted by Crippen LogP contribution is -2.50. The highest BCUT2D eigenvalue weighted by Crippen LogP contribution is 2.32. The average Bonchev–Trinajstić information content (AvgIpc) is 2.95. The molecule has 0 saturated carbocycles. The fraction of sp³-hybridized carbons (Fsp3) is 0.226. The number of ketones is 1. The minimum absolute atomic E-state index is 0.113. The lowest BCUT2D eigenvalue weighted by Gasteiger charge is -2.39. The van der Waals surface area contributed by atoms with E-state index >= 15 is 0 Å². The Morgan fingerprint density at radius 1 is 0.868 bits per heavy atom. The second kappa shape index (κ2) is 11.9. The predicted octanol–water partition coefficient (Wildman–Crippen LogP) is 5.01. The van der Waals surface area contributed by atoms with Crippen LogP contribution < -0.4 is 5.32 Å². The highest BCUT2D eigenvalue weighted by atomic mass is 35.5. The molecule has 4 aromatic carbocycles. The number of piperazine rings is 1. The molecule has 0 bridgehead atoms. The topological polar surface area (TPSA) is 72.9 Å². The third-order valence-electron chi connectivity index (χ3n) is 7.07. The minimum Gasteiger partial charge on any atom is -0.395 e. The molecule has 7 heteroatoms. The third kappa shape index (κ3) is 5.64. The van der Waals surface area contributed by atoms with E-state index < -0.39 is 6.04 Å². The van der Waals surface area contributed by atoms with E-state index in [1.54, 1.807) is 30.3 Å². The molecule has 4 aromatic rings. The van der Waals surface area contributed by atoms with Gasteiger partial charge in [-0.15, -0.1) is 0 Å². The summed E-state index contributed by atoms with van der Waals surface area (Å²) in [6, 6.07) is 27.5. The molecule has 1 saturated heterocycles. The van der Waals surface area contributed by atoms with E-state index in [1.165, 1.54) is 0 Å². The Morgan fingerprint density at radius 2 is 1.58 bits per heavy atom. The van der Waals surface area contributed by atoms with Crippen molar-refractivity contribution in [3.05, 3.63) is 113 Å². The van der Waals surface area contributed by atoms with Gasteiger partial charge >= 0.3 is 0 Å². The fourth-order valence-corrected chi connectivity index (χ4v) is 5.31. The van der Waals surface area contributed by atoms with Gasteiger partial charge in [-0.05, 0) is 34.5 Å². The molecule has 1 atom stereocenters. The number of rotatable bonds is 8. The van der Waals surface area contributed by atoms with Crippen LogP contribution in [0, 0.1) is 0 Å². The third-order valence-corrected chi connectivity index (χ3v) is 7.31. The van der Waals surface area contributed by atoms with Crippen LogP contribution in [0.1, 0.15) is 27.5 Å². The van der Waals surface area contributed by atoms with E-state index in [0.29, 0.717) is 41.5 Å². The predicted molar refractivity (Wildman–Crippen MR) is 152 cm³/mol. The van der Waals surface area contributed by atoms with Crippen LogP contribution in [0.4, 0.5) is 5.69 Å². The van der Waals surface area contributed by atoms with Crippen LogP contribution in [0.5, 0.6) is 0 Å². The van der Waals surface area contributed by atoms with Crippen LogP contribution in [0.25, 0.3) is 10.8 Å². The zero-order valence-corrected chi connectivity index (χ0v) is 21.8. The van der Waals surface area contributed by atoms with Gasteiger partial charge in [0, 0.05) is 48.9 Å². The van der Waals surface area contributed by atoms with E-state index in [4.69, 9.17) is 11.6 Å². The first-order chi connectivity index (χ1) is 18.5. The van der Waals surface area contributed by atoms with E-state index in [1.807, 2.05) is 60.7 Å². The second-order valence-electron chi connectivity index (χ2n) is 9.45. The van der Waals surface area contributed by atoms with Crippen molar-refractivity contribution in [2.45, 2.75) is 6.04 Å². The average molecular weight is 528 g/mol. The zero-order valence-electron chi connectivity index (χ0n) is 21.0. The Balaban J connectivity index is 1.51. The van der Waals surface area contributed by atoms with E-state index in [2.05, 4.69) is 15.1 Å². The number of halogens is 1. The Kier molecular flexibility index (Phi) is 8.15. The number of hydrogen-bond acceptors (Lipinski definition) is 5. The summed E-state index contributed by atoms with van der Waals surface area (Å²) in [5.74, 6) is -0.413. The summed E-state index contributed by atoms with van der Waals surface area (Å²) in [6.45, 7) is 3.60. The van der Waals surface area contributed by atoms with Gasteiger partial charge in [-0.3, -0.25) is 19.4 Å². The lowest BCUT2D eigenvalue weighted by atomic mass is 9.96. The van der Waals surface area contributed by atoms with Crippen molar-refractivity contribution in [1.82, 2.24) is 9.80 Å². The molecule has 0 radical (unpaired) electrons. The van der Waals surface area contributed by atoms with Crippen molar-refractivity contribution in [2.75, 3.05) is 44.6 Å². The van der Waals surface area contributed by atoms with Gasteiger partial charge in [0.1, 0.15) is 6.04 Å². The van der Waals surface area contributed by atoms with Crippen LogP contribution in [0.2, 0.25) is 5.02 Å². The van der Waals surface area contributed by atoms with Crippen molar-refractivity contribution in [3.8, 4) is 0 Å². The van der Waals surface area contributed by atoms with E-state index in [-0.39, 0.29) is 18.3 Å². The van der Waals surface area contributed by atoms with E-state index in [0.717, 1.165) is 29.4 Å². The molecule has 1 unspecified atom stereocenters. The number of β-amino-alcohol motifs (C(OH)–C–C–N with tert-alkyl or cyclic N) is 1. The Bertz CT molecular complexity index is 1430. The summed E-state index contributed by atoms with van der Waals surface area (Å²) >= 11 is 6.27. The number of hydrogen-bond donors (Lipinski definition) is 2. The lowest BCUT2D eigenvalue weighted by molar-refractivity contribution is -0.122. The van der Waals surface area contributed by atoms with Gasteiger partial charge in [-0.1, -0.05) is 84.4 Å². The molecule has 194 valence electrons. The molecule has 1 aliphatic rings. The molecule has 5 rings (SSSR count). The molecule has 1 heterocycles. The number of nitrogens with one attached hydrogen (secondary N) is 1. The number of aliphatic hydroxyl groups excluding tert-OH is 1. The van der Waals surface area contributed by atoms with Crippen LogP contribution in [-0.4, -0.2) is 65.9 Å². The first-order valence-electron chi connectivity index (χ1n) is 12.8. The summed E-state index contributed by atoms with van der Waals surface area (Å²) in [5, 5.41) is 14.9. The molecule has 1 fully saturated rings. The molecular formula is C31H30ClN3O3. The smallest absolute Gasteiger partial charge is 0.246 e. The number of amides is 1. The first kappa shape index (κ1) is 26.1. The Morgan fingerprint density at radius 3 is 2.34 bits per heavy atom. The van der Waals surface area contributed by atoms with Gasteiger partial charge < -0.3 is 10.4 Å². The number of benzene rings is 4. The van der Waals surface area contributed by atoms with Crippen molar-refractivity contribution in [1.29, 1.82) is 0 Å². The van der Waals surface area contributed by atoms with Crippen molar-refractivity contribution in [2.24, 2.45) is 0 Å². The number of aliphatic hydroxyl groups is 1. The SMILES string of the molecule is O=C(c1ccccc1)c1cc(Cl)ccc1NC(=O)C(c1cccc2ccccc12)N1CCN(CCO)CC1. The zero-order chi connectivity index (χ0) is 26.5. The summed E-state index contributed by atoms with van der Waals surface area (Å²) in [6.07, 6.45) is 0. The molecule has 38 heavy (non-hydrogen) atoms. The maximum Gasteiger partial charge on any atom is 0.246 e. The quantitative estimate of drug-likeness (QED) is 0.315. The number of nitrogens with zero attached hydrogens (tertiary/aromatic N) is 2. The van der Waals surface area contributed by atoms with Gasteiger partial charge in [-0.25, -0.2) is 0 Å². The van der Waals surface area contributed by atoms with Crippen LogP contribution in [-0.2, 0) is 4.79 Å². The monoisotopic (exact) mass is 527 g/mol. The maximum absolute atomic E-state index is 14.1. The molecule has 6 nitrogen and oxygen atoms in total. The van der Waals surface area contributed by atoms with E-state index in [9.17, 15) is 14.7 Å². The first-order valence-corrected chi connectivity index (χ1v) is 13.2. The molecule has 0 aliphatic carbocycles. The van der Waals surface area contributed by atoms with Crippen molar-refractivity contribution >= 4 is 39.8 Å². The summed E-state index contributed by atoms with van der Waals surface area (Å²) in [5.41, 5.74) is 2.22. The maximum atomic E-state index is 14.1. The fourth-order valence-electron chi connectivity index (χ4n) is 5.14. The number of fused-ring (bicyclic) bond motifs is 1. The number of carbonyl (C=O) groups is 2. The second-order valence-corrected chi connectivity index (χ2v) is 9.88. The number of anilines is 1. The standard InChI is InChI=1S/C31H30ClN3O3/c32-24-13-14-28(27(21-24)30(37)23-8-2-1-3-9-23)33-31(38)29(35-17-15-34(16-18-35)19-20-36)26-12-6-10-22-7-4-5-11-25(22)26/h1-14,21,29,36H,15-20H2,(H,33,38). The molecular weight excluding hydrogens is 498 g/mol.